The van der Waals surface area contributed by atoms with Crippen LogP contribution in [0.1, 0.15) is 11.5 Å². The number of likely N-dealkylation sites (tertiary alicyclic amines) is 1. The Morgan fingerprint density at radius 2 is 1.82 bits per heavy atom. The Morgan fingerprint density at radius 3 is 2.41 bits per heavy atom. The maximum absolute atomic E-state index is 12.6. The molecule has 1 aliphatic heterocycles. The standard InChI is InChI=1S/C13H18F2N2/c14-6-11(7-15)17-8-12(13(16)9-17)10-4-2-1-3-5-10/h1-5,11-13H,6-9,16H2/t12-,13+/m1/s1. The van der Waals surface area contributed by atoms with E-state index >= 15 is 0 Å². The third-order valence-corrected chi connectivity index (χ3v) is 3.49. The Labute approximate surface area is 100 Å². The van der Waals surface area contributed by atoms with Crippen molar-refractivity contribution >= 4 is 0 Å². The van der Waals surface area contributed by atoms with Crippen molar-refractivity contribution in [2.45, 2.75) is 18.0 Å². The summed E-state index contributed by atoms with van der Waals surface area (Å²) in [4.78, 5) is 1.82. The number of benzene rings is 1. The minimum absolute atomic E-state index is 0.0435. The minimum Gasteiger partial charge on any atom is -0.326 e. The monoisotopic (exact) mass is 240 g/mol. The van der Waals surface area contributed by atoms with Crippen molar-refractivity contribution in [2.24, 2.45) is 5.73 Å². The zero-order valence-corrected chi connectivity index (χ0v) is 9.73. The van der Waals surface area contributed by atoms with Crippen LogP contribution in [0.15, 0.2) is 30.3 Å². The minimum atomic E-state index is -0.648. The highest BCUT2D eigenvalue weighted by Gasteiger charge is 2.34. The summed E-state index contributed by atoms with van der Waals surface area (Å²) in [5.74, 6) is 0.178. The molecule has 2 nitrogen and oxygen atoms in total. The van der Waals surface area contributed by atoms with Crippen LogP contribution in [0.3, 0.4) is 0 Å². The van der Waals surface area contributed by atoms with E-state index in [1.807, 2.05) is 35.2 Å². The van der Waals surface area contributed by atoms with Crippen LogP contribution in [0.4, 0.5) is 8.78 Å². The van der Waals surface area contributed by atoms with E-state index in [2.05, 4.69) is 0 Å². The molecule has 0 spiro atoms. The number of nitrogens with two attached hydrogens (primary N) is 1. The van der Waals surface area contributed by atoms with Crippen LogP contribution in [0.5, 0.6) is 0 Å². The first-order valence-electron chi connectivity index (χ1n) is 5.92. The topological polar surface area (TPSA) is 29.3 Å². The lowest BCUT2D eigenvalue weighted by molar-refractivity contribution is 0.164. The maximum atomic E-state index is 12.6. The lowest BCUT2D eigenvalue weighted by atomic mass is 9.95. The highest BCUT2D eigenvalue weighted by Crippen LogP contribution is 2.27. The van der Waals surface area contributed by atoms with Crippen LogP contribution >= 0.6 is 0 Å². The Bertz CT molecular complexity index is 341. The Hall–Kier alpha value is -1.00. The quantitative estimate of drug-likeness (QED) is 0.868. The fourth-order valence-electron chi connectivity index (χ4n) is 2.45. The summed E-state index contributed by atoms with van der Waals surface area (Å²) in [6, 6.07) is 9.25. The van der Waals surface area contributed by atoms with Gasteiger partial charge in [-0.05, 0) is 5.56 Å². The largest absolute Gasteiger partial charge is 0.326 e. The van der Waals surface area contributed by atoms with E-state index in [9.17, 15) is 8.78 Å². The van der Waals surface area contributed by atoms with Crippen LogP contribution in [0.2, 0.25) is 0 Å². The first kappa shape index (κ1) is 12.5. The Morgan fingerprint density at radius 1 is 1.18 bits per heavy atom. The first-order valence-corrected chi connectivity index (χ1v) is 5.92. The molecule has 2 N–H and O–H groups in total. The van der Waals surface area contributed by atoms with E-state index in [1.165, 1.54) is 0 Å². The van der Waals surface area contributed by atoms with Crippen molar-refractivity contribution in [3.63, 3.8) is 0 Å². The molecule has 1 aromatic carbocycles. The second kappa shape index (κ2) is 5.56. The van der Waals surface area contributed by atoms with Crippen LogP contribution in [0.25, 0.3) is 0 Å². The van der Waals surface area contributed by atoms with Crippen LogP contribution in [-0.2, 0) is 0 Å². The van der Waals surface area contributed by atoms with E-state index in [1.54, 1.807) is 0 Å². The molecule has 0 amide bonds. The van der Waals surface area contributed by atoms with Crippen LogP contribution in [-0.4, -0.2) is 43.4 Å². The van der Waals surface area contributed by atoms with Gasteiger partial charge in [-0.2, -0.15) is 0 Å². The number of hydrogen-bond donors (Lipinski definition) is 1. The van der Waals surface area contributed by atoms with Gasteiger partial charge in [0.2, 0.25) is 0 Å². The fraction of sp³-hybridized carbons (Fsp3) is 0.538. The lowest BCUT2D eigenvalue weighted by Crippen LogP contribution is -2.38. The van der Waals surface area contributed by atoms with Gasteiger partial charge < -0.3 is 5.73 Å². The van der Waals surface area contributed by atoms with Crippen molar-refractivity contribution < 1.29 is 8.78 Å². The molecule has 94 valence electrons. The smallest absolute Gasteiger partial charge is 0.107 e. The molecule has 0 aromatic heterocycles. The molecular weight excluding hydrogens is 222 g/mol. The number of rotatable bonds is 4. The van der Waals surface area contributed by atoms with Crippen LogP contribution < -0.4 is 5.73 Å². The van der Waals surface area contributed by atoms with Gasteiger partial charge in [0.15, 0.2) is 0 Å². The van der Waals surface area contributed by atoms with Crippen molar-refractivity contribution in [2.75, 3.05) is 26.4 Å². The normalized spacial score (nSPS) is 25.6. The highest BCUT2D eigenvalue weighted by atomic mass is 19.1. The van der Waals surface area contributed by atoms with Crippen molar-refractivity contribution in [3.05, 3.63) is 35.9 Å². The molecule has 17 heavy (non-hydrogen) atoms. The van der Waals surface area contributed by atoms with Gasteiger partial charge in [-0.1, -0.05) is 30.3 Å². The molecule has 0 saturated carbocycles. The van der Waals surface area contributed by atoms with E-state index in [0.717, 1.165) is 5.56 Å². The van der Waals surface area contributed by atoms with Gasteiger partial charge in [0, 0.05) is 25.0 Å². The highest BCUT2D eigenvalue weighted by molar-refractivity contribution is 5.23. The molecule has 1 aromatic rings. The molecule has 2 atom stereocenters. The SMILES string of the molecule is N[C@H]1CN(C(CF)CF)C[C@@H]1c1ccccc1. The molecule has 0 radical (unpaired) electrons. The second-order valence-corrected chi connectivity index (χ2v) is 4.60. The van der Waals surface area contributed by atoms with E-state index in [4.69, 9.17) is 5.73 Å². The molecule has 1 saturated heterocycles. The van der Waals surface area contributed by atoms with Gasteiger partial charge >= 0.3 is 0 Å². The average Bonchev–Trinajstić information content (AvgIpc) is 2.74. The van der Waals surface area contributed by atoms with Gasteiger partial charge in [0.1, 0.15) is 13.3 Å². The van der Waals surface area contributed by atoms with Gasteiger partial charge in [0.05, 0.1) is 6.04 Å². The molecule has 1 heterocycles. The predicted molar refractivity (Wildman–Crippen MR) is 64.5 cm³/mol. The molecular formula is C13H18F2N2. The average molecular weight is 240 g/mol. The lowest BCUT2D eigenvalue weighted by Gasteiger charge is -2.22. The first-order chi connectivity index (χ1) is 8.26. The van der Waals surface area contributed by atoms with E-state index in [0.29, 0.717) is 13.1 Å². The van der Waals surface area contributed by atoms with Crippen molar-refractivity contribution in [3.8, 4) is 0 Å². The van der Waals surface area contributed by atoms with Crippen LogP contribution in [0, 0.1) is 0 Å². The second-order valence-electron chi connectivity index (χ2n) is 4.60. The van der Waals surface area contributed by atoms with Crippen molar-refractivity contribution in [1.29, 1.82) is 0 Å². The summed E-state index contributed by atoms with van der Waals surface area (Å²) in [6.45, 7) is -0.0861. The number of nitrogens with zero attached hydrogens (tertiary/aromatic N) is 1. The zero-order valence-electron chi connectivity index (χ0n) is 9.73. The van der Waals surface area contributed by atoms with Crippen molar-refractivity contribution in [1.82, 2.24) is 4.90 Å². The van der Waals surface area contributed by atoms with Gasteiger partial charge in [-0.3, -0.25) is 4.90 Å². The molecule has 2 rings (SSSR count). The Balaban J connectivity index is 2.07. The molecule has 0 unspecified atom stereocenters. The zero-order chi connectivity index (χ0) is 12.3. The third-order valence-electron chi connectivity index (χ3n) is 3.49. The van der Waals surface area contributed by atoms with E-state index < -0.39 is 19.4 Å². The number of hydrogen-bond acceptors (Lipinski definition) is 2. The maximum Gasteiger partial charge on any atom is 0.107 e. The molecule has 0 aliphatic carbocycles. The van der Waals surface area contributed by atoms with Gasteiger partial charge in [-0.15, -0.1) is 0 Å². The Kier molecular flexibility index (Phi) is 4.07. The van der Waals surface area contributed by atoms with E-state index in [-0.39, 0.29) is 12.0 Å². The molecule has 1 aliphatic rings. The summed E-state index contributed by atoms with van der Waals surface area (Å²) < 4.78 is 25.3. The molecule has 4 heteroatoms. The summed E-state index contributed by atoms with van der Waals surface area (Å²) in [6.07, 6.45) is 0. The molecule has 1 fully saturated rings. The van der Waals surface area contributed by atoms with Gasteiger partial charge in [0.25, 0.3) is 0 Å². The number of halogens is 2. The van der Waals surface area contributed by atoms with Gasteiger partial charge in [-0.25, -0.2) is 8.78 Å². The predicted octanol–water partition coefficient (Wildman–Crippen LogP) is 1.72. The summed E-state index contributed by atoms with van der Waals surface area (Å²) in [7, 11) is 0. The third kappa shape index (κ3) is 2.64. The summed E-state index contributed by atoms with van der Waals surface area (Å²) >= 11 is 0. The number of alkyl halides is 2. The summed E-state index contributed by atoms with van der Waals surface area (Å²) in [5.41, 5.74) is 7.21. The molecule has 0 bridgehead atoms. The summed E-state index contributed by atoms with van der Waals surface area (Å²) in [5, 5.41) is 0. The fourth-order valence-corrected chi connectivity index (χ4v) is 2.45.